The van der Waals surface area contributed by atoms with Gasteiger partial charge in [0, 0.05) is 0 Å². The monoisotopic (exact) mass is 282 g/mol. The Bertz CT molecular complexity index is 500. The Morgan fingerprint density at radius 2 is 1.56 bits per heavy atom. The minimum Gasteiger partial charge on any atom is -0.457 e. The third kappa shape index (κ3) is 3.39. The topological polar surface area (TPSA) is 29.5 Å². The van der Waals surface area contributed by atoms with Crippen molar-refractivity contribution in [2.24, 2.45) is 0 Å². The molecule has 0 radical (unpaired) electrons. The minimum absolute atomic E-state index is 0.624. The summed E-state index contributed by atoms with van der Waals surface area (Å²) in [5.74, 6) is 1.36. The molecular weight excluding hydrogens is 271 g/mol. The summed E-state index contributed by atoms with van der Waals surface area (Å²) in [7, 11) is 0. The van der Waals surface area contributed by atoms with Gasteiger partial charge in [-0.1, -0.05) is 30.3 Å². The lowest BCUT2D eigenvalue weighted by Gasteiger charge is -2.13. The first-order chi connectivity index (χ1) is 8.66. The number of ether oxygens (including phenoxy) is 1. The highest BCUT2D eigenvalue weighted by atomic mass is 35.5. The van der Waals surface area contributed by atoms with Gasteiger partial charge in [0.15, 0.2) is 0 Å². The fourth-order valence-corrected chi connectivity index (χ4v) is 1.82. The van der Waals surface area contributed by atoms with E-state index in [1.165, 1.54) is 0 Å². The number of hydrogen-bond acceptors (Lipinski definition) is 2. The van der Waals surface area contributed by atoms with E-state index in [9.17, 15) is 5.11 Å². The zero-order valence-electron chi connectivity index (χ0n) is 9.46. The molecule has 94 valence electrons. The van der Waals surface area contributed by atoms with E-state index in [-0.39, 0.29) is 0 Å². The summed E-state index contributed by atoms with van der Waals surface area (Å²) in [4.78, 5) is -0.864. The molecule has 2 aromatic rings. The molecule has 0 aliphatic rings. The van der Waals surface area contributed by atoms with Crippen LogP contribution in [-0.2, 0) is 0 Å². The number of hydrogen-bond donors (Lipinski definition) is 1. The lowest BCUT2D eigenvalue weighted by atomic mass is 10.1. The molecule has 2 rings (SSSR count). The molecule has 1 unspecified atom stereocenters. The Balaban J connectivity index is 2.18. The normalized spacial score (nSPS) is 12.4. The molecule has 18 heavy (non-hydrogen) atoms. The Hall–Kier alpha value is -1.22. The van der Waals surface area contributed by atoms with Gasteiger partial charge in [-0.05, 0) is 29.8 Å². The molecule has 0 amide bonds. The molecular formula is C14H12Cl2O2. The zero-order valence-corrected chi connectivity index (χ0v) is 11.0. The van der Waals surface area contributed by atoms with Crippen molar-refractivity contribution < 1.29 is 9.84 Å². The van der Waals surface area contributed by atoms with E-state index >= 15 is 0 Å². The predicted octanol–water partition coefficient (Wildman–Crippen LogP) is 4.32. The molecule has 2 nitrogen and oxygen atoms in total. The van der Waals surface area contributed by atoms with Gasteiger partial charge in [0.2, 0.25) is 0 Å². The van der Waals surface area contributed by atoms with E-state index in [0.717, 1.165) is 5.75 Å². The summed E-state index contributed by atoms with van der Waals surface area (Å²) in [5, 5.41) is 9.77. The van der Waals surface area contributed by atoms with Gasteiger partial charge in [-0.3, -0.25) is 0 Å². The Labute approximate surface area is 116 Å². The van der Waals surface area contributed by atoms with Crippen molar-refractivity contribution in [3.8, 4) is 11.5 Å². The maximum absolute atomic E-state index is 9.77. The average Bonchev–Trinajstić information content (AvgIpc) is 2.39. The van der Waals surface area contributed by atoms with Crippen LogP contribution >= 0.6 is 23.2 Å². The SMILES string of the molecule is OC(c1cccc(Oc2ccccc2)c1)C(Cl)Cl. The summed E-state index contributed by atoms with van der Waals surface area (Å²) in [6.07, 6.45) is -0.923. The van der Waals surface area contributed by atoms with Crippen LogP contribution in [0.15, 0.2) is 54.6 Å². The first-order valence-corrected chi connectivity index (χ1v) is 6.33. The van der Waals surface area contributed by atoms with Gasteiger partial charge < -0.3 is 9.84 Å². The number of aliphatic hydroxyl groups is 1. The molecule has 0 saturated heterocycles. The summed E-state index contributed by atoms with van der Waals surface area (Å²) >= 11 is 11.3. The van der Waals surface area contributed by atoms with Crippen molar-refractivity contribution in [1.82, 2.24) is 0 Å². The molecule has 1 atom stereocenters. The second-order valence-electron chi connectivity index (χ2n) is 3.77. The Morgan fingerprint density at radius 3 is 2.22 bits per heavy atom. The van der Waals surface area contributed by atoms with E-state index in [1.807, 2.05) is 30.3 Å². The number of benzene rings is 2. The second kappa shape index (κ2) is 6.10. The van der Waals surface area contributed by atoms with Gasteiger partial charge >= 0.3 is 0 Å². The van der Waals surface area contributed by atoms with Gasteiger partial charge in [0.05, 0.1) is 0 Å². The van der Waals surface area contributed by atoms with E-state index in [1.54, 1.807) is 24.3 Å². The average molecular weight is 283 g/mol. The van der Waals surface area contributed by atoms with Crippen LogP contribution in [0.1, 0.15) is 11.7 Å². The minimum atomic E-state index is -0.923. The molecule has 0 bridgehead atoms. The standard InChI is InChI=1S/C14H12Cl2O2/c15-14(16)13(17)10-5-4-8-12(9-10)18-11-6-2-1-3-7-11/h1-9,13-14,17H. The molecule has 2 aromatic carbocycles. The quantitative estimate of drug-likeness (QED) is 0.847. The summed E-state index contributed by atoms with van der Waals surface area (Å²) < 4.78 is 5.65. The van der Waals surface area contributed by atoms with Crippen LogP contribution in [0.2, 0.25) is 0 Å². The second-order valence-corrected chi connectivity index (χ2v) is 4.93. The number of para-hydroxylation sites is 1. The van der Waals surface area contributed by atoms with E-state index < -0.39 is 10.9 Å². The molecule has 0 aliphatic carbocycles. The molecule has 0 spiro atoms. The molecule has 1 N–H and O–H groups in total. The van der Waals surface area contributed by atoms with Gasteiger partial charge in [0.25, 0.3) is 0 Å². The van der Waals surface area contributed by atoms with E-state index in [0.29, 0.717) is 11.3 Å². The third-order valence-corrected chi connectivity index (χ3v) is 2.89. The fourth-order valence-electron chi connectivity index (χ4n) is 1.53. The molecule has 0 heterocycles. The lowest BCUT2D eigenvalue weighted by Crippen LogP contribution is -2.05. The van der Waals surface area contributed by atoms with Gasteiger partial charge in [-0.15, -0.1) is 23.2 Å². The largest absolute Gasteiger partial charge is 0.457 e. The molecule has 4 heteroatoms. The first kappa shape index (κ1) is 13.2. The molecule has 0 saturated carbocycles. The van der Waals surface area contributed by atoms with E-state index in [4.69, 9.17) is 27.9 Å². The maximum atomic E-state index is 9.77. The van der Waals surface area contributed by atoms with Crippen molar-refractivity contribution >= 4 is 23.2 Å². The molecule has 0 aromatic heterocycles. The fraction of sp³-hybridized carbons (Fsp3) is 0.143. The predicted molar refractivity (Wildman–Crippen MR) is 73.4 cm³/mol. The van der Waals surface area contributed by atoms with Crippen LogP contribution in [0.4, 0.5) is 0 Å². The van der Waals surface area contributed by atoms with Crippen molar-refractivity contribution in [3.63, 3.8) is 0 Å². The molecule has 0 aliphatic heterocycles. The van der Waals surface area contributed by atoms with Crippen LogP contribution in [0.3, 0.4) is 0 Å². The highest BCUT2D eigenvalue weighted by Crippen LogP contribution is 2.28. The van der Waals surface area contributed by atoms with Crippen LogP contribution in [0.25, 0.3) is 0 Å². The number of rotatable bonds is 4. The van der Waals surface area contributed by atoms with Crippen LogP contribution in [-0.4, -0.2) is 9.94 Å². The Morgan fingerprint density at radius 1 is 0.889 bits per heavy atom. The maximum Gasteiger partial charge on any atom is 0.137 e. The van der Waals surface area contributed by atoms with Crippen molar-refractivity contribution in [1.29, 1.82) is 0 Å². The summed E-state index contributed by atoms with van der Waals surface area (Å²) in [5.41, 5.74) is 0.624. The van der Waals surface area contributed by atoms with Gasteiger partial charge in [-0.2, -0.15) is 0 Å². The van der Waals surface area contributed by atoms with Crippen molar-refractivity contribution in [2.75, 3.05) is 0 Å². The lowest BCUT2D eigenvalue weighted by molar-refractivity contribution is 0.192. The number of aliphatic hydroxyl groups excluding tert-OH is 1. The van der Waals surface area contributed by atoms with Gasteiger partial charge in [0.1, 0.15) is 22.4 Å². The van der Waals surface area contributed by atoms with Crippen LogP contribution < -0.4 is 4.74 Å². The highest BCUT2D eigenvalue weighted by molar-refractivity contribution is 6.44. The number of halogens is 2. The smallest absolute Gasteiger partial charge is 0.137 e. The Kier molecular flexibility index (Phi) is 4.48. The number of alkyl halides is 2. The van der Waals surface area contributed by atoms with Crippen molar-refractivity contribution in [2.45, 2.75) is 10.9 Å². The summed E-state index contributed by atoms with van der Waals surface area (Å²) in [6.45, 7) is 0. The highest BCUT2D eigenvalue weighted by Gasteiger charge is 2.16. The summed E-state index contributed by atoms with van der Waals surface area (Å²) in [6, 6.07) is 16.5. The van der Waals surface area contributed by atoms with Crippen molar-refractivity contribution in [3.05, 3.63) is 60.2 Å². The van der Waals surface area contributed by atoms with Crippen LogP contribution in [0, 0.1) is 0 Å². The molecule has 0 fully saturated rings. The van der Waals surface area contributed by atoms with E-state index in [2.05, 4.69) is 0 Å². The third-order valence-electron chi connectivity index (χ3n) is 2.42. The zero-order chi connectivity index (χ0) is 13.0. The van der Waals surface area contributed by atoms with Crippen LogP contribution in [0.5, 0.6) is 11.5 Å². The van der Waals surface area contributed by atoms with Gasteiger partial charge in [-0.25, -0.2) is 0 Å². The first-order valence-electron chi connectivity index (χ1n) is 5.46.